The van der Waals surface area contributed by atoms with Gasteiger partial charge in [0.15, 0.2) is 0 Å². The van der Waals surface area contributed by atoms with Crippen LogP contribution in [0.1, 0.15) is 60.8 Å². The molecule has 31 heavy (non-hydrogen) atoms. The zero-order valence-corrected chi connectivity index (χ0v) is 19.8. The number of anilines is 1. The summed E-state index contributed by atoms with van der Waals surface area (Å²) in [6.07, 6.45) is 0. The molecule has 0 unspecified atom stereocenters. The van der Waals surface area contributed by atoms with E-state index in [0.717, 1.165) is 22.5 Å². The summed E-state index contributed by atoms with van der Waals surface area (Å²) >= 11 is 0.804. The number of benzene rings is 2. The molecule has 0 saturated carbocycles. The zero-order chi connectivity index (χ0) is 22.8. The molecular formula is C22H26N4O3S2. The summed E-state index contributed by atoms with van der Waals surface area (Å²) in [4.78, 5) is 12.3. The fourth-order valence-electron chi connectivity index (χ4n) is 2.87. The third kappa shape index (κ3) is 5.75. The maximum atomic E-state index is 12.7. The van der Waals surface area contributed by atoms with Gasteiger partial charge in [-0.1, -0.05) is 74.1 Å². The monoisotopic (exact) mass is 458 g/mol. The zero-order valence-electron chi connectivity index (χ0n) is 18.1. The molecular weight excluding hydrogens is 432 g/mol. The fourth-order valence-corrected chi connectivity index (χ4v) is 5.01. The average Bonchev–Trinajstić information content (AvgIpc) is 3.17. The van der Waals surface area contributed by atoms with E-state index in [-0.39, 0.29) is 20.8 Å². The van der Waals surface area contributed by atoms with Gasteiger partial charge in [-0.05, 0) is 42.5 Å². The van der Waals surface area contributed by atoms with Crippen LogP contribution in [0.5, 0.6) is 0 Å². The average molecular weight is 459 g/mol. The molecule has 0 bridgehead atoms. The molecule has 0 aliphatic rings. The Morgan fingerprint density at radius 2 is 1.61 bits per heavy atom. The molecule has 0 saturated heterocycles. The van der Waals surface area contributed by atoms with Gasteiger partial charge < -0.3 is 0 Å². The number of sulfonamides is 1. The van der Waals surface area contributed by atoms with Crippen molar-refractivity contribution in [1.82, 2.24) is 14.9 Å². The molecule has 1 amide bonds. The fraction of sp³-hybridized carbons (Fsp3) is 0.318. The number of rotatable bonds is 6. The minimum absolute atomic E-state index is 0.0211. The van der Waals surface area contributed by atoms with Gasteiger partial charge in [0.25, 0.3) is 15.9 Å². The Hall–Kier alpha value is -2.62. The highest BCUT2D eigenvalue weighted by Gasteiger charge is 2.24. The molecule has 3 rings (SSSR count). The number of hydrogen-bond acceptors (Lipinski definition) is 6. The normalized spacial score (nSPS) is 13.1. The van der Waals surface area contributed by atoms with Crippen LogP contribution >= 0.6 is 11.3 Å². The third-order valence-electron chi connectivity index (χ3n) is 4.78. The van der Waals surface area contributed by atoms with Gasteiger partial charge in [-0.3, -0.25) is 10.1 Å². The summed E-state index contributed by atoms with van der Waals surface area (Å²) in [7, 11) is -3.89. The molecule has 0 aliphatic carbocycles. The van der Waals surface area contributed by atoms with Gasteiger partial charge in [0.1, 0.15) is 0 Å². The SMILES string of the molecule is Cc1ccc(C(=O)Nc2nnc(S(=O)(=O)N[C@@H](C)c3ccc(C(C)(C)C)cc3)s2)cc1. The highest BCUT2D eigenvalue weighted by Crippen LogP contribution is 2.26. The van der Waals surface area contributed by atoms with Crippen molar-refractivity contribution in [2.24, 2.45) is 0 Å². The van der Waals surface area contributed by atoms with Gasteiger partial charge in [0.05, 0.1) is 0 Å². The van der Waals surface area contributed by atoms with E-state index in [0.29, 0.717) is 5.56 Å². The highest BCUT2D eigenvalue weighted by molar-refractivity contribution is 7.91. The summed E-state index contributed by atoms with van der Waals surface area (Å²) in [5, 5.41) is 10.3. The second kappa shape index (κ2) is 8.86. The molecule has 0 radical (unpaired) electrons. The Kier molecular flexibility index (Phi) is 6.59. The van der Waals surface area contributed by atoms with E-state index in [1.807, 2.05) is 43.3 Å². The summed E-state index contributed by atoms with van der Waals surface area (Å²) in [5.74, 6) is -0.375. The van der Waals surface area contributed by atoms with Gasteiger partial charge in [0.2, 0.25) is 9.47 Å². The van der Waals surface area contributed by atoms with Crippen LogP contribution in [0, 0.1) is 6.92 Å². The van der Waals surface area contributed by atoms with E-state index >= 15 is 0 Å². The summed E-state index contributed by atoms with van der Waals surface area (Å²) in [5.41, 5.74) is 3.52. The van der Waals surface area contributed by atoms with Gasteiger partial charge in [-0.25, -0.2) is 13.1 Å². The highest BCUT2D eigenvalue weighted by atomic mass is 32.2. The van der Waals surface area contributed by atoms with E-state index in [1.54, 1.807) is 19.1 Å². The third-order valence-corrected chi connectivity index (χ3v) is 7.53. The number of carbonyl (C=O) groups is 1. The topological polar surface area (TPSA) is 101 Å². The van der Waals surface area contributed by atoms with Crippen LogP contribution in [0.25, 0.3) is 0 Å². The lowest BCUT2D eigenvalue weighted by Crippen LogP contribution is -2.27. The summed E-state index contributed by atoms with van der Waals surface area (Å²) in [6, 6.07) is 14.4. The van der Waals surface area contributed by atoms with Crippen molar-refractivity contribution in [3.05, 3.63) is 70.8 Å². The van der Waals surface area contributed by atoms with Crippen LogP contribution in [-0.4, -0.2) is 24.5 Å². The molecule has 0 fully saturated rings. The number of carbonyl (C=O) groups excluding carboxylic acids is 1. The quantitative estimate of drug-likeness (QED) is 0.532. The molecule has 1 aromatic heterocycles. The van der Waals surface area contributed by atoms with Crippen molar-refractivity contribution < 1.29 is 13.2 Å². The van der Waals surface area contributed by atoms with Crippen LogP contribution in [0.3, 0.4) is 0 Å². The van der Waals surface area contributed by atoms with E-state index in [1.165, 1.54) is 5.56 Å². The Morgan fingerprint density at radius 3 is 2.19 bits per heavy atom. The van der Waals surface area contributed by atoms with Gasteiger partial charge >= 0.3 is 0 Å². The number of nitrogens with zero attached hydrogens (tertiary/aromatic N) is 2. The maximum absolute atomic E-state index is 12.7. The largest absolute Gasteiger partial charge is 0.296 e. The summed E-state index contributed by atoms with van der Waals surface area (Å²) < 4.78 is 27.9. The maximum Gasteiger partial charge on any atom is 0.270 e. The van der Waals surface area contributed by atoms with Crippen LogP contribution in [0.2, 0.25) is 0 Å². The standard InChI is InChI=1S/C22H26N4O3S2/c1-14-6-8-17(9-7-14)19(27)23-20-24-25-21(30-20)31(28,29)26-15(2)16-10-12-18(13-11-16)22(3,4)5/h6-13,15,26H,1-5H3,(H,23,24,27)/t15-/m0/s1. The molecule has 2 aromatic carbocycles. The van der Waals surface area contributed by atoms with E-state index in [2.05, 4.69) is 41.0 Å². The van der Waals surface area contributed by atoms with Crippen molar-refractivity contribution in [3.63, 3.8) is 0 Å². The van der Waals surface area contributed by atoms with Crippen LogP contribution in [0.4, 0.5) is 5.13 Å². The summed E-state index contributed by atoms with van der Waals surface area (Å²) in [6.45, 7) is 10.1. The first-order valence-corrected chi connectivity index (χ1v) is 12.1. The molecule has 1 atom stereocenters. The number of nitrogens with one attached hydrogen (secondary N) is 2. The van der Waals surface area contributed by atoms with E-state index in [9.17, 15) is 13.2 Å². The Morgan fingerprint density at radius 1 is 1.00 bits per heavy atom. The van der Waals surface area contributed by atoms with Crippen LogP contribution in [0.15, 0.2) is 52.9 Å². The molecule has 1 heterocycles. The lowest BCUT2D eigenvalue weighted by molar-refractivity contribution is 0.102. The van der Waals surface area contributed by atoms with Crippen molar-refractivity contribution in [2.75, 3.05) is 5.32 Å². The van der Waals surface area contributed by atoms with Gasteiger partial charge in [-0.2, -0.15) is 0 Å². The van der Waals surface area contributed by atoms with Crippen LogP contribution in [-0.2, 0) is 15.4 Å². The lowest BCUT2D eigenvalue weighted by Gasteiger charge is -2.20. The lowest BCUT2D eigenvalue weighted by atomic mass is 9.86. The van der Waals surface area contributed by atoms with Crippen LogP contribution < -0.4 is 10.0 Å². The first kappa shape index (κ1) is 23.1. The van der Waals surface area contributed by atoms with Crippen molar-refractivity contribution in [1.29, 1.82) is 0 Å². The molecule has 3 aromatic rings. The minimum atomic E-state index is -3.89. The van der Waals surface area contributed by atoms with Gasteiger partial charge in [0, 0.05) is 11.6 Å². The van der Waals surface area contributed by atoms with E-state index in [4.69, 9.17) is 0 Å². The molecule has 0 aliphatic heterocycles. The number of aryl methyl sites for hydroxylation is 1. The molecule has 2 N–H and O–H groups in total. The smallest absolute Gasteiger partial charge is 0.270 e. The van der Waals surface area contributed by atoms with Crippen molar-refractivity contribution in [3.8, 4) is 0 Å². The first-order chi connectivity index (χ1) is 14.5. The first-order valence-electron chi connectivity index (χ1n) is 9.80. The number of hydrogen-bond donors (Lipinski definition) is 2. The Balaban J connectivity index is 1.69. The second-order valence-electron chi connectivity index (χ2n) is 8.41. The van der Waals surface area contributed by atoms with Crippen molar-refractivity contribution in [2.45, 2.75) is 50.4 Å². The van der Waals surface area contributed by atoms with Crippen molar-refractivity contribution >= 4 is 32.4 Å². The molecule has 164 valence electrons. The predicted octanol–water partition coefficient (Wildman–Crippen LogP) is 4.44. The van der Waals surface area contributed by atoms with Gasteiger partial charge in [-0.15, -0.1) is 10.2 Å². The number of aromatic nitrogens is 2. The minimum Gasteiger partial charge on any atom is -0.296 e. The molecule has 7 nitrogen and oxygen atoms in total. The Labute approximate surface area is 187 Å². The molecule has 9 heteroatoms. The Bertz CT molecular complexity index is 1160. The number of amides is 1. The molecule has 0 spiro atoms. The van der Waals surface area contributed by atoms with E-state index < -0.39 is 16.1 Å². The predicted molar refractivity (Wildman–Crippen MR) is 123 cm³/mol. The second-order valence-corrected chi connectivity index (χ2v) is 11.3.